The minimum Gasteiger partial charge on any atom is -0.315 e. The molecule has 1 unspecified atom stereocenters. The number of rotatable bonds is 4. The summed E-state index contributed by atoms with van der Waals surface area (Å²) in [5.74, 6) is 0.965. The lowest BCUT2D eigenvalue weighted by Gasteiger charge is -2.19. The van der Waals surface area contributed by atoms with Crippen LogP contribution in [0.4, 0.5) is 0 Å². The summed E-state index contributed by atoms with van der Waals surface area (Å²) in [6, 6.07) is 0.731. The molecule has 1 N–H and O–H groups in total. The van der Waals surface area contributed by atoms with Crippen LogP contribution in [0.5, 0.6) is 0 Å². The summed E-state index contributed by atoms with van der Waals surface area (Å²) < 4.78 is 0. The molecule has 10 heavy (non-hydrogen) atoms. The monoisotopic (exact) mass is 142 g/mol. The van der Waals surface area contributed by atoms with Gasteiger partial charge in [0.05, 0.1) is 0 Å². The summed E-state index contributed by atoms with van der Waals surface area (Å²) in [6.45, 7) is 1.18. The first-order chi connectivity index (χ1) is 4.74. The van der Waals surface area contributed by atoms with Gasteiger partial charge in [-0.3, -0.25) is 0 Å². The third-order valence-electron chi connectivity index (χ3n) is 2.12. The van der Waals surface area contributed by atoms with Crippen molar-refractivity contribution in [1.82, 2.24) is 10.2 Å². The third kappa shape index (κ3) is 2.27. The second kappa shape index (κ2) is 3.35. The Labute approximate surface area is 63.6 Å². The average molecular weight is 142 g/mol. The van der Waals surface area contributed by atoms with Gasteiger partial charge >= 0.3 is 0 Å². The highest BCUT2D eigenvalue weighted by atomic mass is 15.1. The molecule has 0 saturated heterocycles. The summed E-state index contributed by atoms with van der Waals surface area (Å²) >= 11 is 0. The largest absolute Gasteiger partial charge is 0.315 e. The molecule has 0 aromatic heterocycles. The van der Waals surface area contributed by atoms with Gasteiger partial charge in [-0.1, -0.05) is 0 Å². The quantitative estimate of drug-likeness (QED) is 0.616. The van der Waals surface area contributed by atoms with Gasteiger partial charge in [0, 0.05) is 12.6 Å². The SMILES string of the molecule is CNC(CN(C)C)C1CC1. The van der Waals surface area contributed by atoms with Gasteiger partial charge < -0.3 is 10.2 Å². The predicted octanol–water partition coefficient (Wildman–Crippen LogP) is 0.546. The Hall–Kier alpha value is -0.0800. The van der Waals surface area contributed by atoms with Crippen molar-refractivity contribution in [1.29, 1.82) is 0 Å². The number of hydrogen-bond donors (Lipinski definition) is 1. The smallest absolute Gasteiger partial charge is 0.0219 e. The van der Waals surface area contributed by atoms with Crippen molar-refractivity contribution >= 4 is 0 Å². The zero-order chi connectivity index (χ0) is 7.56. The van der Waals surface area contributed by atoms with Crippen LogP contribution in [0.15, 0.2) is 0 Å². The summed E-state index contributed by atoms with van der Waals surface area (Å²) in [7, 11) is 6.33. The van der Waals surface area contributed by atoms with E-state index < -0.39 is 0 Å². The molecular weight excluding hydrogens is 124 g/mol. The second-order valence-electron chi connectivity index (χ2n) is 3.49. The molecule has 0 spiro atoms. The summed E-state index contributed by atoms with van der Waals surface area (Å²) in [4.78, 5) is 2.25. The van der Waals surface area contributed by atoms with Crippen LogP contribution in [-0.4, -0.2) is 38.6 Å². The summed E-state index contributed by atoms with van der Waals surface area (Å²) in [6.07, 6.45) is 2.86. The van der Waals surface area contributed by atoms with Crippen molar-refractivity contribution in [2.45, 2.75) is 18.9 Å². The lowest BCUT2D eigenvalue weighted by Crippen LogP contribution is -2.37. The van der Waals surface area contributed by atoms with Crippen molar-refractivity contribution < 1.29 is 0 Å². The van der Waals surface area contributed by atoms with Gasteiger partial charge in [-0.25, -0.2) is 0 Å². The molecule has 0 heterocycles. The van der Waals surface area contributed by atoms with Crippen molar-refractivity contribution in [3.05, 3.63) is 0 Å². The first-order valence-corrected chi connectivity index (χ1v) is 4.06. The Morgan fingerprint density at radius 2 is 2.10 bits per heavy atom. The van der Waals surface area contributed by atoms with Crippen molar-refractivity contribution in [2.24, 2.45) is 5.92 Å². The third-order valence-corrected chi connectivity index (χ3v) is 2.12. The van der Waals surface area contributed by atoms with E-state index in [2.05, 4.69) is 31.4 Å². The van der Waals surface area contributed by atoms with E-state index >= 15 is 0 Å². The number of likely N-dealkylation sites (N-methyl/N-ethyl adjacent to an activating group) is 2. The fraction of sp³-hybridized carbons (Fsp3) is 1.00. The van der Waals surface area contributed by atoms with Gasteiger partial charge in [0.2, 0.25) is 0 Å². The van der Waals surface area contributed by atoms with Crippen molar-refractivity contribution in [2.75, 3.05) is 27.7 Å². The molecule has 0 amide bonds. The molecule has 2 heteroatoms. The second-order valence-corrected chi connectivity index (χ2v) is 3.49. The van der Waals surface area contributed by atoms with Gasteiger partial charge in [0.1, 0.15) is 0 Å². The molecule has 0 radical (unpaired) electrons. The lowest BCUT2D eigenvalue weighted by molar-refractivity contribution is 0.328. The Kier molecular flexibility index (Phi) is 2.69. The molecule has 60 valence electrons. The molecule has 1 aliphatic carbocycles. The molecule has 1 fully saturated rings. The van der Waals surface area contributed by atoms with Crippen LogP contribution in [-0.2, 0) is 0 Å². The number of nitrogens with zero attached hydrogens (tertiary/aromatic N) is 1. The van der Waals surface area contributed by atoms with Crippen LogP contribution in [0.25, 0.3) is 0 Å². The van der Waals surface area contributed by atoms with Gasteiger partial charge in [-0.15, -0.1) is 0 Å². The van der Waals surface area contributed by atoms with E-state index in [-0.39, 0.29) is 0 Å². The van der Waals surface area contributed by atoms with Crippen LogP contribution in [0, 0.1) is 5.92 Å². The van der Waals surface area contributed by atoms with E-state index in [0.29, 0.717) is 0 Å². The van der Waals surface area contributed by atoms with E-state index in [1.807, 2.05) is 0 Å². The average Bonchev–Trinajstić information content (AvgIpc) is 2.63. The van der Waals surface area contributed by atoms with Crippen molar-refractivity contribution in [3.63, 3.8) is 0 Å². The molecule has 2 nitrogen and oxygen atoms in total. The van der Waals surface area contributed by atoms with Gasteiger partial charge in [0.15, 0.2) is 0 Å². The van der Waals surface area contributed by atoms with Gasteiger partial charge in [-0.2, -0.15) is 0 Å². The molecule has 0 aromatic carbocycles. The van der Waals surface area contributed by atoms with Gasteiger partial charge in [-0.05, 0) is 39.9 Å². The first-order valence-electron chi connectivity index (χ1n) is 4.06. The molecule has 0 aliphatic heterocycles. The Balaban J connectivity index is 2.19. The molecule has 0 bridgehead atoms. The Morgan fingerprint density at radius 3 is 2.40 bits per heavy atom. The maximum atomic E-state index is 3.35. The van der Waals surface area contributed by atoms with Crippen LogP contribution in [0.1, 0.15) is 12.8 Å². The van der Waals surface area contributed by atoms with Crippen LogP contribution >= 0.6 is 0 Å². The molecule has 1 aliphatic rings. The zero-order valence-corrected chi connectivity index (χ0v) is 7.22. The molecule has 1 atom stereocenters. The first kappa shape index (κ1) is 8.02. The minimum atomic E-state index is 0.731. The normalized spacial score (nSPS) is 21.6. The number of nitrogens with one attached hydrogen (secondary N) is 1. The minimum absolute atomic E-state index is 0.731. The van der Waals surface area contributed by atoms with E-state index in [0.717, 1.165) is 12.0 Å². The van der Waals surface area contributed by atoms with E-state index in [1.165, 1.54) is 19.4 Å². The fourth-order valence-corrected chi connectivity index (χ4v) is 1.37. The highest BCUT2D eigenvalue weighted by molar-refractivity contribution is 4.86. The molecular formula is C8H18N2. The number of hydrogen-bond acceptors (Lipinski definition) is 2. The molecule has 1 saturated carbocycles. The maximum Gasteiger partial charge on any atom is 0.0219 e. The molecule has 1 rings (SSSR count). The van der Waals surface area contributed by atoms with E-state index in [9.17, 15) is 0 Å². The lowest BCUT2D eigenvalue weighted by atomic mass is 10.2. The van der Waals surface area contributed by atoms with Crippen LogP contribution < -0.4 is 5.32 Å². The topological polar surface area (TPSA) is 15.3 Å². The highest BCUT2D eigenvalue weighted by Crippen LogP contribution is 2.32. The summed E-state index contributed by atoms with van der Waals surface area (Å²) in [5, 5.41) is 3.35. The predicted molar refractivity (Wildman–Crippen MR) is 44.1 cm³/mol. The van der Waals surface area contributed by atoms with Gasteiger partial charge in [0.25, 0.3) is 0 Å². The summed E-state index contributed by atoms with van der Waals surface area (Å²) in [5.41, 5.74) is 0. The Bertz CT molecular complexity index is 97.4. The Morgan fingerprint density at radius 1 is 1.50 bits per heavy atom. The van der Waals surface area contributed by atoms with Crippen molar-refractivity contribution in [3.8, 4) is 0 Å². The standard InChI is InChI=1S/C8H18N2/c1-9-8(6-10(2)3)7-4-5-7/h7-9H,4-6H2,1-3H3. The zero-order valence-electron chi connectivity index (χ0n) is 7.22. The maximum absolute atomic E-state index is 3.35. The highest BCUT2D eigenvalue weighted by Gasteiger charge is 2.29. The van der Waals surface area contributed by atoms with E-state index in [4.69, 9.17) is 0 Å². The van der Waals surface area contributed by atoms with E-state index in [1.54, 1.807) is 0 Å². The fourth-order valence-electron chi connectivity index (χ4n) is 1.37. The van der Waals surface area contributed by atoms with Crippen LogP contribution in [0.3, 0.4) is 0 Å². The molecule has 0 aromatic rings. The van der Waals surface area contributed by atoms with Crippen LogP contribution in [0.2, 0.25) is 0 Å².